The molecular weight excluding hydrogens is 232 g/mol. The Morgan fingerprint density at radius 2 is 1.94 bits per heavy atom. The molecule has 0 radical (unpaired) electrons. The molecule has 1 amide bonds. The molecule has 2 N–H and O–H groups in total. The molecule has 0 unspecified atom stereocenters. The lowest BCUT2D eigenvalue weighted by Crippen LogP contribution is -2.60. The van der Waals surface area contributed by atoms with Gasteiger partial charge < -0.3 is 10.2 Å². The van der Waals surface area contributed by atoms with E-state index >= 15 is 0 Å². The lowest BCUT2D eigenvalue weighted by molar-refractivity contribution is -0.165. The first kappa shape index (κ1) is 14.2. The van der Waals surface area contributed by atoms with E-state index in [4.69, 9.17) is 5.11 Å². The highest BCUT2D eigenvalue weighted by Gasteiger charge is 2.50. The Morgan fingerprint density at radius 3 is 2.35 bits per heavy atom. The minimum Gasteiger partial charge on any atom is -0.465 e. The standard InChI is InChI=1S/C11H19F2NO3/c1-10(2,3)14(9(16)17)7-5-4-6-11(12,13)8(7)15/h7-8,15H,4-6H2,1-3H3,(H,16,17)/t7-,8+/m1/s1. The average molecular weight is 251 g/mol. The second-order valence-electron chi connectivity index (χ2n) is 5.49. The summed E-state index contributed by atoms with van der Waals surface area (Å²) in [4.78, 5) is 12.1. The largest absolute Gasteiger partial charge is 0.465 e. The van der Waals surface area contributed by atoms with Crippen LogP contribution in [0.5, 0.6) is 0 Å². The molecule has 0 aliphatic heterocycles. The fourth-order valence-electron chi connectivity index (χ4n) is 2.33. The molecule has 17 heavy (non-hydrogen) atoms. The maximum absolute atomic E-state index is 13.4. The third-order valence-corrected chi connectivity index (χ3v) is 3.07. The average Bonchev–Trinajstić information content (AvgIpc) is 2.09. The van der Waals surface area contributed by atoms with Crippen molar-refractivity contribution in [1.29, 1.82) is 0 Å². The number of rotatable bonds is 1. The van der Waals surface area contributed by atoms with Crippen LogP contribution in [-0.4, -0.2) is 44.8 Å². The number of carbonyl (C=O) groups is 1. The molecule has 100 valence electrons. The molecule has 0 saturated heterocycles. The number of alkyl halides is 2. The topological polar surface area (TPSA) is 60.8 Å². The van der Waals surface area contributed by atoms with Crippen molar-refractivity contribution in [2.75, 3.05) is 0 Å². The number of aliphatic hydroxyl groups is 1. The maximum Gasteiger partial charge on any atom is 0.408 e. The van der Waals surface area contributed by atoms with Crippen LogP contribution in [-0.2, 0) is 0 Å². The van der Waals surface area contributed by atoms with Gasteiger partial charge in [-0.15, -0.1) is 0 Å². The summed E-state index contributed by atoms with van der Waals surface area (Å²) in [5, 5.41) is 18.7. The van der Waals surface area contributed by atoms with Gasteiger partial charge in [0.15, 0.2) is 0 Å². The summed E-state index contributed by atoms with van der Waals surface area (Å²) in [6, 6.07) is -1.05. The highest BCUT2D eigenvalue weighted by Crippen LogP contribution is 2.37. The van der Waals surface area contributed by atoms with Crippen LogP contribution in [0.1, 0.15) is 40.0 Å². The SMILES string of the molecule is CC(C)(C)N(C(=O)O)[C@@H]1CCCC(F)(F)[C@H]1O. The minimum atomic E-state index is -3.21. The summed E-state index contributed by atoms with van der Waals surface area (Å²) in [7, 11) is 0. The van der Waals surface area contributed by atoms with Gasteiger partial charge in [0, 0.05) is 12.0 Å². The zero-order valence-electron chi connectivity index (χ0n) is 10.3. The molecule has 4 nitrogen and oxygen atoms in total. The van der Waals surface area contributed by atoms with Gasteiger partial charge in [-0.25, -0.2) is 13.6 Å². The number of hydrogen-bond acceptors (Lipinski definition) is 2. The van der Waals surface area contributed by atoms with E-state index in [2.05, 4.69) is 0 Å². The molecule has 0 aromatic rings. The lowest BCUT2D eigenvalue weighted by Gasteiger charge is -2.45. The smallest absolute Gasteiger partial charge is 0.408 e. The van der Waals surface area contributed by atoms with Crippen LogP contribution in [0.15, 0.2) is 0 Å². The van der Waals surface area contributed by atoms with E-state index in [9.17, 15) is 18.7 Å². The van der Waals surface area contributed by atoms with Gasteiger partial charge in [0.25, 0.3) is 5.92 Å². The van der Waals surface area contributed by atoms with Crippen molar-refractivity contribution in [2.24, 2.45) is 0 Å². The molecule has 6 heteroatoms. The summed E-state index contributed by atoms with van der Waals surface area (Å²) in [5.74, 6) is -3.21. The summed E-state index contributed by atoms with van der Waals surface area (Å²) in [5.41, 5.74) is -0.815. The van der Waals surface area contributed by atoms with Gasteiger partial charge in [-0.05, 0) is 33.6 Å². The van der Waals surface area contributed by atoms with Gasteiger partial charge in [-0.1, -0.05) is 0 Å². The number of nitrogens with zero attached hydrogens (tertiary/aromatic N) is 1. The molecule has 0 aromatic carbocycles. The third kappa shape index (κ3) is 2.86. The van der Waals surface area contributed by atoms with Crippen LogP contribution >= 0.6 is 0 Å². The Bertz CT molecular complexity index is 302. The van der Waals surface area contributed by atoms with E-state index in [0.29, 0.717) is 0 Å². The van der Waals surface area contributed by atoms with Crippen molar-refractivity contribution >= 4 is 6.09 Å². The van der Waals surface area contributed by atoms with Crippen LogP contribution in [0.25, 0.3) is 0 Å². The molecule has 0 aromatic heterocycles. The van der Waals surface area contributed by atoms with Crippen molar-refractivity contribution in [2.45, 2.75) is 63.6 Å². The summed E-state index contributed by atoms with van der Waals surface area (Å²) in [6.45, 7) is 4.88. The van der Waals surface area contributed by atoms with Gasteiger partial charge in [0.05, 0.1) is 6.04 Å². The molecular formula is C11H19F2NO3. The first-order valence-electron chi connectivity index (χ1n) is 5.65. The fraction of sp³-hybridized carbons (Fsp3) is 0.909. The van der Waals surface area contributed by atoms with Crippen LogP contribution in [0.3, 0.4) is 0 Å². The van der Waals surface area contributed by atoms with Gasteiger partial charge in [0.1, 0.15) is 6.10 Å². The van der Waals surface area contributed by atoms with Gasteiger partial charge in [-0.2, -0.15) is 0 Å². The van der Waals surface area contributed by atoms with E-state index in [0.717, 1.165) is 4.90 Å². The molecule has 1 aliphatic rings. The highest BCUT2D eigenvalue weighted by atomic mass is 19.3. The van der Waals surface area contributed by atoms with E-state index in [-0.39, 0.29) is 19.3 Å². The summed E-state index contributed by atoms with van der Waals surface area (Å²) in [6.07, 6.45) is -3.11. The van der Waals surface area contributed by atoms with Crippen molar-refractivity contribution < 1.29 is 23.8 Å². The second-order valence-corrected chi connectivity index (χ2v) is 5.49. The van der Waals surface area contributed by atoms with Crippen molar-refractivity contribution in [3.8, 4) is 0 Å². The van der Waals surface area contributed by atoms with Crippen molar-refractivity contribution in [1.82, 2.24) is 4.90 Å². The van der Waals surface area contributed by atoms with E-state index < -0.39 is 29.7 Å². The second kappa shape index (κ2) is 4.40. The molecule has 1 aliphatic carbocycles. The monoisotopic (exact) mass is 251 g/mol. The van der Waals surface area contributed by atoms with Gasteiger partial charge >= 0.3 is 6.09 Å². The first-order valence-corrected chi connectivity index (χ1v) is 5.65. The van der Waals surface area contributed by atoms with Crippen LogP contribution in [0, 0.1) is 0 Å². The van der Waals surface area contributed by atoms with Gasteiger partial charge in [-0.3, -0.25) is 4.90 Å². The van der Waals surface area contributed by atoms with Crippen LogP contribution in [0.2, 0.25) is 0 Å². The molecule has 2 atom stereocenters. The van der Waals surface area contributed by atoms with E-state index in [1.807, 2.05) is 0 Å². The first-order chi connectivity index (χ1) is 7.57. The molecule has 1 rings (SSSR count). The highest BCUT2D eigenvalue weighted by molar-refractivity contribution is 5.66. The summed E-state index contributed by atoms with van der Waals surface area (Å²) >= 11 is 0. The molecule has 1 saturated carbocycles. The quantitative estimate of drug-likeness (QED) is 0.751. The lowest BCUT2D eigenvalue weighted by atomic mass is 9.86. The van der Waals surface area contributed by atoms with E-state index in [1.165, 1.54) is 0 Å². The maximum atomic E-state index is 13.4. The number of carboxylic acid groups (broad SMARTS) is 1. The Morgan fingerprint density at radius 1 is 1.41 bits per heavy atom. The van der Waals surface area contributed by atoms with Crippen molar-refractivity contribution in [3.63, 3.8) is 0 Å². The number of halogens is 2. The Labute approximate surface area is 99.2 Å². The normalized spacial score (nSPS) is 28.8. The number of amides is 1. The van der Waals surface area contributed by atoms with Gasteiger partial charge in [0.2, 0.25) is 0 Å². The predicted molar refractivity (Wildman–Crippen MR) is 58.2 cm³/mol. The molecule has 1 fully saturated rings. The molecule has 0 heterocycles. The minimum absolute atomic E-state index is 0.217. The zero-order valence-corrected chi connectivity index (χ0v) is 10.3. The zero-order chi connectivity index (χ0) is 13.4. The van der Waals surface area contributed by atoms with Crippen molar-refractivity contribution in [3.05, 3.63) is 0 Å². The Balaban J connectivity index is 2.99. The Kier molecular flexibility index (Phi) is 3.66. The van der Waals surface area contributed by atoms with Crippen LogP contribution < -0.4 is 0 Å². The summed E-state index contributed by atoms with van der Waals surface area (Å²) < 4.78 is 26.8. The van der Waals surface area contributed by atoms with Crippen LogP contribution in [0.4, 0.5) is 13.6 Å². The fourth-order valence-corrected chi connectivity index (χ4v) is 2.33. The van der Waals surface area contributed by atoms with E-state index in [1.54, 1.807) is 20.8 Å². The number of aliphatic hydroxyl groups excluding tert-OH is 1. The Hall–Kier alpha value is -0.910. The number of hydrogen-bond donors (Lipinski definition) is 2. The molecule has 0 spiro atoms. The third-order valence-electron chi connectivity index (χ3n) is 3.07. The molecule has 0 bridgehead atoms. The predicted octanol–water partition coefficient (Wildman–Crippen LogP) is 2.31.